The molecule has 0 radical (unpaired) electrons. The quantitative estimate of drug-likeness (QED) is 0.623. The van der Waals surface area contributed by atoms with Gasteiger partial charge in [0.05, 0.1) is 0 Å². The Kier molecular flexibility index (Phi) is 5.06. The van der Waals surface area contributed by atoms with Crippen LogP contribution in [0.4, 0.5) is 11.6 Å². The fraction of sp³-hybridized carbons (Fsp3) is 0.500. The topological polar surface area (TPSA) is 65.1 Å². The van der Waals surface area contributed by atoms with E-state index in [4.69, 9.17) is 4.98 Å². The predicted octanol–water partition coefficient (Wildman–Crippen LogP) is 3.18. The van der Waals surface area contributed by atoms with Gasteiger partial charge in [-0.2, -0.15) is 4.98 Å². The fourth-order valence-electron chi connectivity index (χ4n) is 4.29. The number of hydrogen-bond acceptors (Lipinski definition) is 4. The minimum absolute atomic E-state index is 0.225. The zero-order chi connectivity index (χ0) is 20.7. The molecule has 7 nitrogen and oxygen atoms in total. The molecule has 7 heteroatoms. The summed E-state index contributed by atoms with van der Waals surface area (Å²) in [5.74, 6) is 1.09. The molecule has 3 heterocycles. The van der Waals surface area contributed by atoms with Crippen LogP contribution >= 0.6 is 0 Å². The highest BCUT2D eigenvalue weighted by atomic mass is 16.2. The highest BCUT2D eigenvalue weighted by Crippen LogP contribution is 2.34. The van der Waals surface area contributed by atoms with Crippen LogP contribution in [0.5, 0.6) is 0 Å². The molecule has 0 spiro atoms. The number of aromatic nitrogens is 4. The number of unbranched alkanes of at least 4 members (excludes halogenated alkanes) is 2. The molecule has 0 saturated carbocycles. The van der Waals surface area contributed by atoms with E-state index in [0.29, 0.717) is 23.6 Å². The standard InChI is InChI=1S/C22H29N5O2/c1-5-6-9-12-25-20(28)18-19(24(4)22(25)29)23-21-26(13-15(2)14-27(18)21)17-11-8-7-10-16(17)3/h7-8,10-11,15H,5-6,9,12-14H2,1-4H3/t15-/m0/s1. The van der Waals surface area contributed by atoms with Crippen molar-refractivity contribution < 1.29 is 0 Å². The van der Waals surface area contributed by atoms with Crippen molar-refractivity contribution in [2.75, 3.05) is 11.4 Å². The number of hydrogen-bond donors (Lipinski definition) is 0. The first-order valence-corrected chi connectivity index (χ1v) is 10.5. The molecule has 0 saturated heterocycles. The average molecular weight is 396 g/mol. The van der Waals surface area contributed by atoms with Crippen molar-refractivity contribution in [2.24, 2.45) is 13.0 Å². The van der Waals surface area contributed by atoms with Gasteiger partial charge in [0, 0.05) is 32.4 Å². The second-order valence-electron chi connectivity index (χ2n) is 8.20. The third-order valence-electron chi connectivity index (χ3n) is 5.83. The maximum atomic E-state index is 13.3. The smallest absolute Gasteiger partial charge is 0.311 e. The maximum Gasteiger partial charge on any atom is 0.332 e. The Morgan fingerprint density at radius 3 is 2.62 bits per heavy atom. The molecule has 0 aliphatic carbocycles. The van der Waals surface area contributed by atoms with Gasteiger partial charge >= 0.3 is 5.69 Å². The Hall–Kier alpha value is -2.83. The Morgan fingerprint density at radius 1 is 1.14 bits per heavy atom. The lowest BCUT2D eigenvalue weighted by molar-refractivity contribution is 0.457. The van der Waals surface area contributed by atoms with Gasteiger partial charge in [0.2, 0.25) is 5.95 Å². The molecule has 154 valence electrons. The van der Waals surface area contributed by atoms with E-state index in [1.807, 2.05) is 16.7 Å². The largest absolute Gasteiger partial charge is 0.332 e. The Labute approximate surface area is 170 Å². The van der Waals surface area contributed by atoms with Crippen LogP contribution in [-0.2, 0) is 20.1 Å². The number of para-hydroxylation sites is 1. The summed E-state index contributed by atoms with van der Waals surface area (Å²) < 4.78 is 4.91. The minimum atomic E-state index is -0.287. The Bertz CT molecular complexity index is 1170. The van der Waals surface area contributed by atoms with Gasteiger partial charge in [-0.25, -0.2) is 4.79 Å². The summed E-state index contributed by atoms with van der Waals surface area (Å²) in [6.07, 6.45) is 2.86. The molecule has 1 atom stereocenters. The van der Waals surface area contributed by atoms with E-state index in [-0.39, 0.29) is 11.2 Å². The summed E-state index contributed by atoms with van der Waals surface area (Å²) in [4.78, 5) is 33.1. The van der Waals surface area contributed by atoms with Gasteiger partial charge in [-0.1, -0.05) is 44.9 Å². The van der Waals surface area contributed by atoms with E-state index >= 15 is 0 Å². The monoisotopic (exact) mass is 395 g/mol. The van der Waals surface area contributed by atoms with Crippen molar-refractivity contribution in [3.8, 4) is 0 Å². The molecular weight excluding hydrogens is 366 g/mol. The first-order valence-electron chi connectivity index (χ1n) is 10.5. The molecule has 0 unspecified atom stereocenters. The van der Waals surface area contributed by atoms with Crippen LogP contribution in [0.15, 0.2) is 33.9 Å². The zero-order valence-electron chi connectivity index (χ0n) is 17.7. The zero-order valence-corrected chi connectivity index (χ0v) is 17.7. The van der Waals surface area contributed by atoms with Gasteiger partial charge in [-0.15, -0.1) is 0 Å². The van der Waals surface area contributed by atoms with Crippen molar-refractivity contribution >= 4 is 22.8 Å². The highest BCUT2D eigenvalue weighted by molar-refractivity contribution is 5.77. The third kappa shape index (κ3) is 3.18. The SMILES string of the molecule is CCCCCn1c(=O)c2c(nc3n2C[C@@H](C)CN3c2ccccc2C)n(C)c1=O. The molecule has 2 aromatic heterocycles. The number of imidazole rings is 1. The van der Waals surface area contributed by atoms with Crippen LogP contribution in [0.25, 0.3) is 11.2 Å². The van der Waals surface area contributed by atoms with Crippen molar-refractivity contribution in [1.29, 1.82) is 0 Å². The number of benzene rings is 1. The third-order valence-corrected chi connectivity index (χ3v) is 5.83. The van der Waals surface area contributed by atoms with E-state index in [0.717, 1.165) is 49.6 Å². The Balaban J connectivity index is 1.94. The van der Waals surface area contributed by atoms with Crippen LogP contribution in [-0.4, -0.2) is 25.2 Å². The van der Waals surface area contributed by atoms with Crippen molar-refractivity contribution in [3.05, 3.63) is 50.7 Å². The minimum Gasteiger partial charge on any atom is -0.311 e. The van der Waals surface area contributed by atoms with Crippen LogP contribution < -0.4 is 16.1 Å². The highest BCUT2D eigenvalue weighted by Gasteiger charge is 2.30. The van der Waals surface area contributed by atoms with E-state index in [2.05, 4.69) is 37.8 Å². The van der Waals surface area contributed by atoms with Crippen LogP contribution in [0.3, 0.4) is 0 Å². The van der Waals surface area contributed by atoms with Crippen molar-refractivity contribution in [3.63, 3.8) is 0 Å². The number of nitrogens with zero attached hydrogens (tertiary/aromatic N) is 5. The van der Waals surface area contributed by atoms with E-state index in [9.17, 15) is 9.59 Å². The first kappa shape index (κ1) is 19.5. The fourth-order valence-corrected chi connectivity index (χ4v) is 4.29. The van der Waals surface area contributed by atoms with Gasteiger partial charge < -0.3 is 9.47 Å². The first-order chi connectivity index (χ1) is 13.9. The predicted molar refractivity (Wildman–Crippen MR) is 116 cm³/mol. The summed E-state index contributed by atoms with van der Waals surface area (Å²) in [6.45, 7) is 8.37. The normalized spacial score (nSPS) is 16.4. The number of aryl methyl sites for hydroxylation is 2. The van der Waals surface area contributed by atoms with Crippen LogP contribution in [0, 0.1) is 12.8 Å². The lowest BCUT2D eigenvalue weighted by Gasteiger charge is -2.33. The Morgan fingerprint density at radius 2 is 1.90 bits per heavy atom. The summed E-state index contributed by atoms with van der Waals surface area (Å²) in [6, 6.07) is 8.20. The summed E-state index contributed by atoms with van der Waals surface area (Å²) in [5, 5.41) is 0. The van der Waals surface area contributed by atoms with E-state index < -0.39 is 0 Å². The molecule has 1 aromatic carbocycles. The average Bonchev–Trinajstić information content (AvgIpc) is 3.08. The van der Waals surface area contributed by atoms with Gasteiger partial charge in [0.1, 0.15) is 0 Å². The molecule has 1 aliphatic heterocycles. The van der Waals surface area contributed by atoms with E-state index in [1.165, 1.54) is 9.13 Å². The van der Waals surface area contributed by atoms with E-state index in [1.54, 1.807) is 7.05 Å². The van der Waals surface area contributed by atoms with Gasteiger partial charge in [0.25, 0.3) is 5.56 Å². The number of rotatable bonds is 5. The molecule has 0 bridgehead atoms. The lowest BCUT2D eigenvalue weighted by atomic mass is 10.1. The molecule has 29 heavy (non-hydrogen) atoms. The second-order valence-corrected chi connectivity index (χ2v) is 8.20. The van der Waals surface area contributed by atoms with Crippen molar-refractivity contribution in [1.82, 2.24) is 18.7 Å². The molecule has 4 rings (SSSR count). The van der Waals surface area contributed by atoms with Crippen LogP contribution in [0.2, 0.25) is 0 Å². The second kappa shape index (κ2) is 7.54. The summed E-state index contributed by atoms with van der Waals surface area (Å²) in [7, 11) is 1.71. The van der Waals surface area contributed by atoms with Gasteiger partial charge in [-0.05, 0) is 30.9 Å². The van der Waals surface area contributed by atoms with Gasteiger partial charge in [-0.3, -0.25) is 13.9 Å². The lowest BCUT2D eigenvalue weighted by Crippen LogP contribution is -2.40. The molecular formula is C22H29N5O2. The van der Waals surface area contributed by atoms with Crippen molar-refractivity contribution in [2.45, 2.75) is 53.1 Å². The molecule has 1 aliphatic rings. The molecule has 0 N–H and O–H groups in total. The van der Waals surface area contributed by atoms with Gasteiger partial charge in [0.15, 0.2) is 11.2 Å². The summed E-state index contributed by atoms with van der Waals surface area (Å²) in [5.41, 5.74) is 2.73. The molecule has 0 fully saturated rings. The summed E-state index contributed by atoms with van der Waals surface area (Å²) >= 11 is 0. The maximum absolute atomic E-state index is 13.3. The number of anilines is 2. The molecule has 0 amide bonds. The molecule has 3 aromatic rings. The van der Waals surface area contributed by atoms with Crippen LogP contribution in [0.1, 0.15) is 38.7 Å². The number of fused-ring (bicyclic) bond motifs is 3.